The summed E-state index contributed by atoms with van der Waals surface area (Å²) in [6.07, 6.45) is -0.815. The quantitative estimate of drug-likeness (QED) is 0.442. The molecule has 1 atom stereocenters. The van der Waals surface area contributed by atoms with Crippen LogP contribution >= 0.6 is 11.3 Å². The summed E-state index contributed by atoms with van der Waals surface area (Å²) in [5.74, 6) is -2.36. The van der Waals surface area contributed by atoms with Gasteiger partial charge in [0.2, 0.25) is 5.78 Å². The van der Waals surface area contributed by atoms with E-state index in [4.69, 9.17) is 10.5 Å². The number of thiophene rings is 1. The molecule has 1 aliphatic heterocycles. The van der Waals surface area contributed by atoms with Crippen LogP contribution in [-0.4, -0.2) is 52.8 Å². The van der Waals surface area contributed by atoms with Crippen molar-refractivity contribution in [2.45, 2.75) is 30.1 Å². The van der Waals surface area contributed by atoms with E-state index in [0.29, 0.717) is 0 Å². The molecule has 1 aliphatic rings. The fourth-order valence-corrected chi connectivity index (χ4v) is 6.10. The third kappa shape index (κ3) is 4.27. The molecule has 1 saturated heterocycles. The number of Topliss-reactive ketones (excluding diaryl/α,β-unsaturated/α-hetero) is 1. The first-order valence-electron chi connectivity index (χ1n) is 9.80. The molecule has 32 heavy (non-hydrogen) atoms. The van der Waals surface area contributed by atoms with E-state index in [0.717, 1.165) is 20.5 Å². The van der Waals surface area contributed by atoms with Gasteiger partial charge < -0.3 is 10.5 Å². The Bertz CT molecular complexity index is 1250. The zero-order chi connectivity index (χ0) is 23.8. The average molecular weight is 485 g/mol. The Morgan fingerprint density at radius 3 is 2.38 bits per heavy atom. The van der Waals surface area contributed by atoms with Gasteiger partial charge >= 0.3 is 11.7 Å². The van der Waals surface area contributed by atoms with E-state index in [1.54, 1.807) is 11.4 Å². The van der Waals surface area contributed by atoms with Crippen LogP contribution in [-0.2, 0) is 33.7 Å². The molecule has 2 aromatic rings. The molecule has 2 N–H and O–H groups in total. The van der Waals surface area contributed by atoms with Crippen LogP contribution in [0.25, 0.3) is 0 Å². The molecule has 0 amide bonds. The highest BCUT2D eigenvalue weighted by Crippen LogP contribution is 2.27. The summed E-state index contributed by atoms with van der Waals surface area (Å²) in [6.45, 7) is 1.62. The van der Waals surface area contributed by atoms with Gasteiger partial charge in [0.1, 0.15) is 15.6 Å². The summed E-state index contributed by atoms with van der Waals surface area (Å²) < 4.78 is 33.8. The topological polar surface area (TPSA) is 151 Å². The molecule has 3 heterocycles. The summed E-state index contributed by atoms with van der Waals surface area (Å²) in [7, 11) is -1.05. The van der Waals surface area contributed by atoms with Crippen molar-refractivity contribution in [3.05, 3.63) is 43.9 Å². The molecule has 0 saturated carbocycles. The van der Waals surface area contributed by atoms with E-state index < -0.39 is 50.6 Å². The third-order valence-electron chi connectivity index (χ3n) is 5.49. The van der Waals surface area contributed by atoms with Gasteiger partial charge in [0.05, 0.1) is 5.92 Å². The van der Waals surface area contributed by atoms with Crippen molar-refractivity contribution in [1.29, 1.82) is 0 Å². The number of rotatable bonds is 6. The molecule has 11 nitrogen and oxygen atoms in total. The highest BCUT2D eigenvalue weighted by Gasteiger charge is 2.35. The predicted octanol–water partition coefficient (Wildman–Crippen LogP) is -0.0570. The van der Waals surface area contributed by atoms with Crippen LogP contribution in [0, 0.1) is 5.92 Å². The number of esters is 1. The van der Waals surface area contributed by atoms with Crippen molar-refractivity contribution in [3.8, 4) is 0 Å². The van der Waals surface area contributed by atoms with Crippen molar-refractivity contribution in [2.75, 3.05) is 18.8 Å². The van der Waals surface area contributed by atoms with Crippen LogP contribution in [0.5, 0.6) is 0 Å². The van der Waals surface area contributed by atoms with Crippen molar-refractivity contribution >= 4 is 38.9 Å². The van der Waals surface area contributed by atoms with E-state index in [1.807, 2.05) is 0 Å². The highest BCUT2D eigenvalue weighted by molar-refractivity contribution is 7.91. The second-order valence-corrected chi connectivity index (χ2v) is 10.6. The van der Waals surface area contributed by atoms with Gasteiger partial charge in [-0.25, -0.2) is 13.2 Å². The summed E-state index contributed by atoms with van der Waals surface area (Å²) in [5, 5.41) is 1.68. The molecule has 0 radical (unpaired) electrons. The average Bonchev–Trinajstić information content (AvgIpc) is 3.32. The van der Waals surface area contributed by atoms with E-state index >= 15 is 0 Å². The number of piperidine rings is 1. The van der Waals surface area contributed by atoms with E-state index in [9.17, 15) is 27.6 Å². The Kier molecular flexibility index (Phi) is 6.72. The fourth-order valence-electron chi connectivity index (χ4n) is 3.49. The molecular formula is C19H24N4O7S2. The standard InChI is InChI=1S/C19H24N4O7S2/c1-11(15(24)14-16(20)21(2)19(27)22(3)17(14)25)30-18(26)12-6-8-23(9-7-12)32(28,29)13-5-4-10-31-13/h4-5,10-12H,6-9,20H2,1-3H3. The molecule has 1 fully saturated rings. The highest BCUT2D eigenvalue weighted by atomic mass is 32.2. The molecular weight excluding hydrogens is 460 g/mol. The normalized spacial score (nSPS) is 16.6. The number of ether oxygens (including phenoxy) is 1. The summed E-state index contributed by atoms with van der Waals surface area (Å²) in [6, 6.07) is 3.19. The van der Waals surface area contributed by atoms with Gasteiger partial charge in [0, 0.05) is 27.2 Å². The Labute approximate surface area is 188 Å². The first kappa shape index (κ1) is 23.9. The number of anilines is 1. The summed E-state index contributed by atoms with van der Waals surface area (Å²) in [5.41, 5.74) is 3.81. The van der Waals surface area contributed by atoms with Gasteiger partial charge in [0.25, 0.3) is 15.6 Å². The first-order valence-corrected chi connectivity index (χ1v) is 12.1. The fraction of sp³-hybridized carbons (Fsp3) is 0.474. The number of hydrogen-bond donors (Lipinski definition) is 1. The van der Waals surface area contributed by atoms with E-state index in [2.05, 4.69) is 0 Å². The van der Waals surface area contributed by atoms with Crippen molar-refractivity contribution in [2.24, 2.45) is 20.0 Å². The first-order chi connectivity index (χ1) is 15.0. The lowest BCUT2D eigenvalue weighted by atomic mass is 9.98. The van der Waals surface area contributed by atoms with E-state index in [-0.39, 0.29) is 36.0 Å². The second kappa shape index (κ2) is 9.00. The van der Waals surface area contributed by atoms with Crippen LogP contribution < -0.4 is 17.0 Å². The summed E-state index contributed by atoms with van der Waals surface area (Å²) >= 11 is 1.13. The maximum absolute atomic E-state index is 12.8. The summed E-state index contributed by atoms with van der Waals surface area (Å²) in [4.78, 5) is 49.6. The number of nitrogens with two attached hydrogens (primary N) is 1. The van der Waals surface area contributed by atoms with Crippen LogP contribution in [0.3, 0.4) is 0 Å². The van der Waals surface area contributed by atoms with Crippen LogP contribution in [0.15, 0.2) is 31.3 Å². The maximum Gasteiger partial charge on any atom is 0.332 e. The minimum Gasteiger partial charge on any atom is -0.454 e. The van der Waals surface area contributed by atoms with Crippen LogP contribution in [0.4, 0.5) is 5.82 Å². The lowest BCUT2D eigenvalue weighted by Crippen LogP contribution is -2.44. The lowest BCUT2D eigenvalue weighted by molar-refractivity contribution is -0.152. The maximum atomic E-state index is 12.8. The largest absolute Gasteiger partial charge is 0.454 e. The Hall–Kier alpha value is -2.77. The zero-order valence-electron chi connectivity index (χ0n) is 17.8. The molecule has 3 rings (SSSR count). The van der Waals surface area contributed by atoms with Crippen molar-refractivity contribution in [3.63, 3.8) is 0 Å². The molecule has 0 aromatic carbocycles. The van der Waals surface area contributed by atoms with Crippen molar-refractivity contribution < 1.29 is 22.7 Å². The Balaban J connectivity index is 1.67. The smallest absolute Gasteiger partial charge is 0.332 e. The number of sulfonamides is 1. The number of carbonyl (C=O) groups excluding carboxylic acids is 2. The van der Waals surface area contributed by atoms with Gasteiger partial charge in [-0.3, -0.25) is 23.5 Å². The SMILES string of the molecule is CC(OC(=O)C1CCN(S(=O)(=O)c2cccs2)CC1)C(=O)c1c(N)n(C)c(=O)n(C)c1=O. The van der Waals surface area contributed by atoms with Crippen LogP contribution in [0.1, 0.15) is 30.1 Å². The number of hydrogen-bond acceptors (Lipinski definition) is 9. The molecule has 0 bridgehead atoms. The minimum atomic E-state index is -3.59. The van der Waals surface area contributed by atoms with E-state index in [1.165, 1.54) is 31.4 Å². The van der Waals surface area contributed by atoms with Gasteiger partial charge in [-0.05, 0) is 31.2 Å². The molecule has 0 spiro atoms. The Morgan fingerprint density at radius 2 is 1.81 bits per heavy atom. The lowest BCUT2D eigenvalue weighted by Gasteiger charge is -2.30. The molecule has 1 unspecified atom stereocenters. The van der Waals surface area contributed by atoms with Gasteiger partial charge in [-0.15, -0.1) is 11.3 Å². The zero-order valence-corrected chi connectivity index (χ0v) is 19.4. The second-order valence-electron chi connectivity index (χ2n) is 7.52. The number of ketones is 1. The third-order valence-corrected chi connectivity index (χ3v) is 8.77. The molecule has 174 valence electrons. The van der Waals surface area contributed by atoms with Crippen molar-refractivity contribution in [1.82, 2.24) is 13.4 Å². The number of carbonyl (C=O) groups is 2. The van der Waals surface area contributed by atoms with Gasteiger partial charge in [-0.2, -0.15) is 4.31 Å². The Morgan fingerprint density at radius 1 is 1.19 bits per heavy atom. The molecule has 0 aliphatic carbocycles. The van der Waals surface area contributed by atoms with Gasteiger partial charge in [0.15, 0.2) is 6.10 Å². The number of nitrogens with zero attached hydrogens (tertiary/aromatic N) is 3. The molecule has 2 aromatic heterocycles. The minimum absolute atomic E-state index is 0.149. The van der Waals surface area contributed by atoms with Gasteiger partial charge in [-0.1, -0.05) is 6.07 Å². The molecule has 13 heteroatoms. The van der Waals surface area contributed by atoms with Crippen LogP contribution in [0.2, 0.25) is 0 Å². The predicted molar refractivity (Wildman–Crippen MR) is 117 cm³/mol. The number of aromatic nitrogens is 2. The monoisotopic (exact) mass is 484 g/mol. The number of nitrogen functional groups attached to an aromatic ring is 1.